The molecule has 0 unspecified atom stereocenters. The number of hydrogen-bond donors (Lipinski definition) is 1. The van der Waals surface area contributed by atoms with Crippen LogP contribution >= 0.6 is 0 Å². The molecule has 150 valence electrons. The van der Waals surface area contributed by atoms with Crippen molar-refractivity contribution in [1.29, 1.82) is 0 Å². The first-order valence-electron chi connectivity index (χ1n) is 9.42. The highest BCUT2D eigenvalue weighted by Crippen LogP contribution is 2.27. The van der Waals surface area contributed by atoms with E-state index in [0.717, 1.165) is 16.7 Å². The van der Waals surface area contributed by atoms with Crippen molar-refractivity contribution in [3.8, 4) is 5.75 Å². The van der Waals surface area contributed by atoms with Crippen LogP contribution in [0.4, 0.5) is 0 Å². The minimum atomic E-state index is -0.846. The number of carbonyl (C=O) groups excluding carboxylic acids is 1. The number of carboxylic acids is 1. The molecule has 2 aliphatic rings. The molecule has 1 N–H and O–H groups in total. The lowest BCUT2D eigenvalue weighted by atomic mass is 10.1. The zero-order valence-corrected chi connectivity index (χ0v) is 16.1. The van der Waals surface area contributed by atoms with E-state index in [4.69, 9.17) is 14.6 Å². The molecule has 2 atom stereocenters. The smallest absolute Gasteiger partial charge is 0.317 e. The number of fused-ring (bicyclic) bond motifs is 4. The first kappa shape index (κ1) is 18.8. The Bertz CT molecular complexity index is 909. The van der Waals surface area contributed by atoms with E-state index in [1.54, 1.807) is 7.11 Å². The van der Waals surface area contributed by atoms with Crippen LogP contribution in [0.5, 0.6) is 5.75 Å². The summed E-state index contributed by atoms with van der Waals surface area (Å²) in [4.78, 5) is 28.4. The van der Waals surface area contributed by atoms with E-state index in [9.17, 15) is 9.59 Å². The minimum absolute atomic E-state index is 0.0110. The molecular formula is C20H25N3O5. The molecule has 3 heterocycles. The third kappa shape index (κ3) is 3.45. The quantitative estimate of drug-likeness (QED) is 0.844. The molecule has 1 aromatic carbocycles. The maximum atomic E-state index is 13.5. The number of ether oxygens (including phenoxy) is 2. The normalized spacial score (nSPS) is 22.9. The molecule has 4 rings (SSSR count). The van der Waals surface area contributed by atoms with Crippen molar-refractivity contribution < 1.29 is 24.2 Å². The number of carboxylic acid groups (broad SMARTS) is 1. The van der Waals surface area contributed by atoms with Crippen LogP contribution in [0.25, 0.3) is 10.9 Å². The van der Waals surface area contributed by atoms with E-state index in [1.807, 2.05) is 45.7 Å². The Morgan fingerprint density at radius 3 is 2.79 bits per heavy atom. The number of carbonyl (C=O) groups is 2. The van der Waals surface area contributed by atoms with Crippen LogP contribution in [-0.4, -0.2) is 83.9 Å². The maximum absolute atomic E-state index is 13.5. The van der Waals surface area contributed by atoms with Crippen molar-refractivity contribution in [2.24, 2.45) is 13.0 Å². The van der Waals surface area contributed by atoms with E-state index >= 15 is 0 Å². The lowest BCUT2D eigenvalue weighted by Gasteiger charge is -2.30. The number of aryl methyl sites for hydroxylation is 1. The molecule has 1 aromatic heterocycles. The van der Waals surface area contributed by atoms with Gasteiger partial charge in [-0.25, -0.2) is 0 Å². The number of amides is 1. The summed E-state index contributed by atoms with van der Waals surface area (Å²) in [6, 6.07) is 7.48. The largest absolute Gasteiger partial charge is 0.497 e. The highest BCUT2D eigenvalue weighted by atomic mass is 16.5. The van der Waals surface area contributed by atoms with Gasteiger partial charge in [0.2, 0.25) is 0 Å². The van der Waals surface area contributed by atoms with Crippen LogP contribution < -0.4 is 4.74 Å². The van der Waals surface area contributed by atoms with E-state index in [-0.39, 0.29) is 24.4 Å². The van der Waals surface area contributed by atoms with Crippen molar-refractivity contribution in [2.45, 2.75) is 6.04 Å². The molecule has 28 heavy (non-hydrogen) atoms. The molecule has 8 nitrogen and oxygen atoms in total. The van der Waals surface area contributed by atoms with Crippen molar-refractivity contribution in [3.05, 3.63) is 30.0 Å². The summed E-state index contributed by atoms with van der Waals surface area (Å²) in [6.45, 7) is 2.66. The molecule has 0 saturated carbocycles. The summed E-state index contributed by atoms with van der Waals surface area (Å²) in [5.41, 5.74) is 1.58. The zero-order valence-electron chi connectivity index (χ0n) is 16.1. The third-order valence-corrected chi connectivity index (χ3v) is 5.63. The monoisotopic (exact) mass is 387 g/mol. The van der Waals surface area contributed by atoms with Gasteiger partial charge in [-0.3, -0.25) is 14.5 Å². The zero-order chi connectivity index (χ0) is 19.8. The topological polar surface area (TPSA) is 84.2 Å². The van der Waals surface area contributed by atoms with Gasteiger partial charge in [-0.2, -0.15) is 0 Å². The summed E-state index contributed by atoms with van der Waals surface area (Å²) in [5.74, 6) is -0.0391. The van der Waals surface area contributed by atoms with Gasteiger partial charge in [0, 0.05) is 43.5 Å². The summed E-state index contributed by atoms with van der Waals surface area (Å²) >= 11 is 0. The van der Waals surface area contributed by atoms with Crippen LogP contribution in [0, 0.1) is 5.92 Å². The molecule has 1 amide bonds. The SMILES string of the molecule is COc1ccc2c(c1)cc(C(=O)N1C[C@H]3COC[C@@H]1CN(CC(=O)O)C3)n2C. The molecule has 2 saturated heterocycles. The number of hydrogen-bond acceptors (Lipinski definition) is 5. The van der Waals surface area contributed by atoms with Gasteiger partial charge in [0.25, 0.3) is 5.91 Å². The van der Waals surface area contributed by atoms with Gasteiger partial charge in [-0.1, -0.05) is 0 Å². The molecule has 2 aromatic rings. The molecular weight excluding hydrogens is 362 g/mol. The van der Waals surface area contributed by atoms with Crippen molar-refractivity contribution in [2.75, 3.05) is 46.5 Å². The van der Waals surface area contributed by atoms with Crippen molar-refractivity contribution >= 4 is 22.8 Å². The first-order valence-corrected chi connectivity index (χ1v) is 9.42. The van der Waals surface area contributed by atoms with E-state index in [1.165, 1.54) is 0 Å². The Labute approximate surface area is 163 Å². The second-order valence-electron chi connectivity index (χ2n) is 7.62. The fraction of sp³-hybridized carbons (Fsp3) is 0.500. The van der Waals surface area contributed by atoms with Gasteiger partial charge in [-0.05, 0) is 24.3 Å². The number of benzene rings is 1. The van der Waals surface area contributed by atoms with Crippen LogP contribution in [0.2, 0.25) is 0 Å². The standard InChI is InChI=1S/C20H25N3O5/c1-21-17-4-3-16(27-2)5-14(17)6-18(21)20(26)23-8-13-7-22(10-19(24)25)9-15(23)12-28-11-13/h3-6,13,15H,7-12H2,1-2H3,(H,24,25)/t13-,15-/m0/s1. The Hall–Kier alpha value is -2.58. The van der Waals surface area contributed by atoms with Gasteiger partial charge in [0.1, 0.15) is 11.4 Å². The van der Waals surface area contributed by atoms with Gasteiger partial charge in [0.15, 0.2) is 0 Å². The summed E-state index contributed by atoms with van der Waals surface area (Å²) in [5, 5.41) is 10.1. The Morgan fingerprint density at radius 2 is 2.04 bits per heavy atom. The van der Waals surface area contributed by atoms with Gasteiger partial charge >= 0.3 is 5.97 Å². The predicted molar refractivity (Wildman–Crippen MR) is 103 cm³/mol. The molecule has 2 fully saturated rings. The van der Waals surface area contributed by atoms with Crippen molar-refractivity contribution in [1.82, 2.24) is 14.4 Å². The Kier molecular flexibility index (Phi) is 4.99. The van der Waals surface area contributed by atoms with E-state index in [2.05, 4.69) is 0 Å². The summed E-state index contributed by atoms with van der Waals surface area (Å²) < 4.78 is 13.0. The molecule has 0 aliphatic carbocycles. The van der Waals surface area contributed by atoms with E-state index < -0.39 is 5.97 Å². The van der Waals surface area contributed by atoms with Gasteiger partial charge < -0.3 is 24.0 Å². The van der Waals surface area contributed by atoms with E-state index in [0.29, 0.717) is 38.5 Å². The summed E-state index contributed by atoms with van der Waals surface area (Å²) in [6.07, 6.45) is 0. The molecule has 2 aliphatic heterocycles. The summed E-state index contributed by atoms with van der Waals surface area (Å²) in [7, 11) is 3.51. The maximum Gasteiger partial charge on any atom is 0.317 e. The number of aliphatic carboxylic acids is 1. The average molecular weight is 387 g/mol. The van der Waals surface area contributed by atoms with Gasteiger partial charge in [-0.15, -0.1) is 0 Å². The third-order valence-electron chi connectivity index (χ3n) is 5.63. The molecule has 0 spiro atoms. The second-order valence-corrected chi connectivity index (χ2v) is 7.62. The van der Waals surface area contributed by atoms with Gasteiger partial charge in [0.05, 0.1) is 32.9 Å². The predicted octanol–water partition coefficient (Wildman–Crippen LogP) is 1.04. The van der Waals surface area contributed by atoms with Crippen molar-refractivity contribution in [3.63, 3.8) is 0 Å². The fourth-order valence-electron chi connectivity index (χ4n) is 4.32. The fourth-order valence-corrected chi connectivity index (χ4v) is 4.32. The number of nitrogens with zero attached hydrogens (tertiary/aromatic N) is 3. The first-order chi connectivity index (χ1) is 13.5. The van der Waals surface area contributed by atoms with Crippen LogP contribution in [0.3, 0.4) is 0 Å². The van der Waals surface area contributed by atoms with Crippen LogP contribution in [0.15, 0.2) is 24.3 Å². The number of methoxy groups -OCH3 is 1. The molecule has 2 bridgehead atoms. The highest BCUT2D eigenvalue weighted by molar-refractivity contribution is 5.99. The lowest BCUT2D eigenvalue weighted by molar-refractivity contribution is -0.138. The molecule has 8 heteroatoms. The number of rotatable bonds is 4. The van der Waals surface area contributed by atoms with Crippen LogP contribution in [0.1, 0.15) is 10.5 Å². The van der Waals surface area contributed by atoms with Crippen LogP contribution in [-0.2, 0) is 16.6 Å². The number of aromatic nitrogens is 1. The molecule has 0 radical (unpaired) electrons. The second kappa shape index (κ2) is 7.44. The minimum Gasteiger partial charge on any atom is -0.497 e. The highest BCUT2D eigenvalue weighted by Gasteiger charge is 2.37. The lowest BCUT2D eigenvalue weighted by Crippen LogP contribution is -2.47. The Balaban J connectivity index is 1.64. The average Bonchev–Trinajstić information content (AvgIpc) is 2.78. The Morgan fingerprint density at radius 1 is 1.21 bits per heavy atom.